The predicted molar refractivity (Wildman–Crippen MR) is 115 cm³/mol. The van der Waals surface area contributed by atoms with Gasteiger partial charge in [-0.1, -0.05) is 52.9 Å². The largest absolute Gasteiger partial charge is 0.507 e. The van der Waals surface area contributed by atoms with E-state index in [1.54, 1.807) is 0 Å². The standard InChI is InChI=1S/C25H38O2/c1-6-7-8-9-10-11-18(3)19-15-22(26)24-20-14-17(2)12-13-21(20)25(4,5)27-23(24)16-19/h15-18,26H,6-14H2,1-5H3. The lowest BCUT2D eigenvalue weighted by molar-refractivity contribution is 0.135. The summed E-state index contributed by atoms with van der Waals surface area (Å²) in [5.74, 6) is 2.43. The number of phenols is 1. The van der Waals surface area contributed by atoms with Gasteiger partial charge in [0.05, 0.1) is 5.56 Å². The number of aromatic hydroxyl groups is 1. The Kier molecular flexibility index (Phi) is 6.23. The number of fused-ring (bicyclic) bond motifs is 2. The normalized spacial score (nSPS) is 22.0. The van der Waals surface area contributed by atoms with E-state index in [-0.39, 0.29) is 5.60 Å². The van der Waals surface area contributed by atoms with Crippen LogP contribution in [-0.4, -0.2) is 10.7 Å². The van der Waals surface area contributed by atoms with E-state index in [2.05, 4.69) is 40.7 Å². The van der Waals surface area contributed by atoms with Gasteiger partial charge in [-0.05, 0) is 80.2 Å². The molecule has 1 aliphatic carbocycles. The average molecular weight is 371 g/mol. The van der Waals surface area contributed by atoms with Crippen LogP contribution in [0.15, 0.2) is 17.7 Å². The lowest BCUT2D eigenvalue weighted by Gasteiger charge is -2.41. The first kappa shape index (κ1) is 20.3. The SMILES string of the molecule is CCCCCCCC(C)c1cc(O)c2c(c1)OC(C)(C)C1=C2CC(C)CC1. The molecule has 0 saturated heterocycles. The van der Waals surface area contributed by atoms with E-state index in [1.807, 2.05) is 6.07 Å². The highest BCUT2D eigenvalue weighted by Crippen LogP contribution is 2.52. The Bertz CT molecular complexity index is 699. The topological polar surface area (TPSA) is 29.5 Å². The van der Waals surface area contributed by atoms with Crippen molar-refractivity contribution < 1.29 is 9.84 Å². The maximum Gasteiger partial charge on any atom is 0.132 e. The summed E-state index contributed by atoms with van der Waals surface area (Å²) in [6.07, 6.45) is 11.1. The monoisotopic (exact) mass is 370 g/mol. The molecule has 1 heterocycles. The molecule has 2 unspecified atom stereocenters. The molecular formula is C25H38O2. The Morgan fingerprint density at radius 3 is 2.67 bits per heavy atom. The molecule has 0 saturated carbocycles. The molecule has 1 aromatic rings. The van der Waals surface area contributed by atoms with Crippen LogP contribution in [0.2, 0.25) is 0 Å². The summed E-state index contributed by atoms with van der Waals surface area (Å²) in [6.45, 7) is 11.2. The van der Waals surface area contributed by atoms with Gasteiger partial charge >= 0.3 is 0 Å². The number of hydrogen-bond acceptors (Lipinski definition) is 2. The highest BCUT2D eigenvalue weighted by molar-refractivity contribution is 5.81. The number of allylic oxidation sites excluding steroid dienone is 1. The summed E-state index contributed by atoms with van der Waals surface area (Å²) < 4.78 is 6.44. The van der Waals surface area contributed by atoms with Gasteiger partial charge in [-0.25, -0.2) is 0 Å². The fourth-order valence-corrected chi connectivity index (χ4v) is 4.88. The van der Waals surface area contributed by atoms with E-state index in [1.165, 1.54) is 61.7 Å². The third-order valence-corrected chi connectivity index (χ3v) is 6.61. The highest BCUT2D eigenvalue weighted by Gasteiger charge is 2.38. The van der Waals surface area contributed by atoms with Gasteiger partial charge in [-0.15, -0.1) is 0 Å². The molecule has 2 atom stereocenters. The second-order valence-corrected chi connectivity index (χ2v) is 9.43. The van der Waals surface area contributed by atoms with E-state index in [9.17, 15) is 5.11 Å². The van der Waals surface area contributed by atoms with Crippen molar-refractivity contribution in [3.05, 3.63) is 28.8 Å². The Balaban J connectivity index is 1.83. The Labute approximate surface area is 166 Å². The lowest BCUT2D eigenvalue weighted by atomic mass is 9.74. The zero-order valence-corrected chi connectivity index (χ0v) is 18.0. The van der Waals surface area contributed by atoms with Gasteiger partial charge in [-0.3, -0.25) is 0 Å². The molecule has 3 rings (SSSR count). The number of rotatable bonds is 7. The summed E-state index contributed by atoms with van der Waals surface area (Å²) in [4.78, 5) is 0. The number of ether oxygens (including phenoxy) is 1. The third kappa shape index (κ3) is 4.36. The molecule has 0 fully saturated rings. The van der Waals surface area contributed by atoms with Gasteiger partial charge in [-0.2, -0.15) is 0 Å². The maximum atomic E-state index is 10.9. The molecule has 0 radical (unpaired) electrons. The molecule has 2 nitrogen and oxygen atoms in total. The van der Waals surface area contributed by atoms with Crippen LogP contribution in [0.1, 0.15) is 109 Å². The summed E-state index contributed by atoms with van der Waals surface area (Å²) in [7, 11) is 0. The smallest absolute Gasteiger partial charge is 0.132 e. The van der Waals surface area contributed by atoms with Gasteiger partial charge < -0.3 is 9.84 Å². The van der Waals surface area contributed by atoms with E-state index in [0.717, 1.165) is 24.2 Å². The van der Waals surface area contributed by atoms with E-state index >= 15 is 0 Å². The fourth-order valence-electron chi connectivity index (χ4n) is 4.88. The zero-order valence-electron chi connectivity index (χ0n) is 18.0. The van der Waals surface area contributed by atoms with Gasteiger partial charge in [0.25, 0.3) is 0 Å². The third-order valence-electron chi connectivity index (χ3n) is 6.61. The van der Waals surface area contributed by atoms with Crippen molar-refractivity contribution in [2.45, 2.75) is 104 Å². The number of hydrogen-bond donors (Lipinski definition) is 1. The molecule has 27 heavy (non-hydrogen) atoms. The van der Waals surface area contributed by atoms with Crippen LogP contribution in [0.25, 0.3) is 5.57 Å². The van der Waals surface area contributed by atoms with Crippen LogP contribution in [0.4, 0.5) is 0 Å². The van der Waals surface area contributed by atoms with Crippen molar-refractivity contribution in [3.8, 4) is 11.5 Å². The van der Waals surface area contributed by atoms with Crippen molar-refractivity contribution in [2.24, 2.45) is 5.92 Å². The minimum atomic E-state index is -0.267. The molecule has 1 aromatic carbocycles. The summed E-state index contributed by atoms with van der Waals surface area (Å²) >= 11 is 0. The van der Waals surface area contributed by atoms with Crippen LogP contribution in [0.5, 0.6) is 11.5 Å². The van der Waals surface area contributed by atoms with Crippen molar-refractivity contribution in [2.75, 3.05) is 0 Å². The Morgan fingerprint density at radius 2 is 1.93 bits per heavy atom. The molecule has 2 aliphatic rings. The van der Waals surface area contributed by atoms with E-state index in [0.29, 0.717) is 17.6 Å². The Hall–Kier alpha value is -1.44. The van der Waals surface area contributed by atoms with Crippen LogP contribution in [0, 0.1) is 5.92 Å². The molecule has 1 aliphatic heterocycles. The predicted octanol–water partition coefficient (Wildman–Crippen LogP) is 7.60. The lowest BCUT2D eigenvalue weighted by Crippen LogP contribution is -2.36. The second kappa shape index (κ2) is 8.29. The van der Waals surface area contributed by atoms with Gasteiger partial charge in [0.1, 0.15) is 17.1 Å². The molecule has 150 valence electrons. The molecule has 2 heteroatoms. The van der Waals surface area contributed by atoms with E-state index < -0.39 is 0 Å². The van der Waals surface area contributed by atoms with Crippen LogP contribution in [-0.2, 0) is 0 Å². The van der Waals surface area contributed by atoms with Crippen molar-refractivity contribution in [3.63, 3.8) is 0 Å². The molecule has 0 bridgehead atoms. The molecule has 0 amide bonds. The first-order chi connectivity index (χ1) is 12.8. The second-order valence-electron chi connectivity index (χ2n) is 9.43. The molecule has 0 aromatic heterocycles. The molecule has 1 N–H and O–H groups in total. The summed E-state index contributed by atoms with van der Waals surface area (Å²) in [5, 5.41) is 10.9. The average Bonchev–Trinajstić information content (AvgIpc) is 2.60. The Morgan fingerprint density at radius 1 is 1.19 bits per heavy atom. The maximum absolute atomic E-state index is 10.9. The van der Waals surface area contributed by atoms with Crippen LogP contribution in [0.3, 0.4) is 0 Å². The number of benzene rings is 1. The van der Waals surface area contributed by atoms with Crippen LogP contribution < -0.4 is 4.74 Å². The number of unbranched alkanes of at least 4 members (excludes halogenated alkanes) is 4. The first-order valence-electron chi connectivity index (χ1n) is 11.1. The van der Waals surface area contributed by atoms with Crippen molar-refractivity contribution in [1.82, 2.24) is 0 Å². The fraction of sp³-hybridized carbons (Fsp3) is 0.680. The molecular weight excluding hydrogens is 332 g/mol. The van der Waals surface area contributed by atoms with Crippen LogP contribution >= 0.6 is 0 Å². The minimum absolute atomic E-state index is 0.267. The minimum Gasteiger partial charge on any atom is -0.507 e. The highest BCUT2D eigenvalue weighted by atomic mass is 16.5. The van der Waals surface area contributed by atoms with Gasteiger partial charge in [0.2, 0.25) is 0 Å². The number of phenolic OH excluding ortho intramolecular Hbond substituents is 1. The zero-order chi connectivity index (χ0) is 19.6. The quantitative estimate of drug-likeness (QED) is 0.501. The molecule has 0 spiro atoms. The summed E-state index contributed by atoms with van der Waals surface area (Å²) in [6, 6.07) is 4.21. The van der Waals surface area contributed by atoms with E-state index in [4.69, 9.17) is 4.74 Å². The van der Waals surface area contributed by atoms with Gasteiger partial charge in [0.15, 0.2) is 0 Å². The summed E-state index contributed by atoms with van der Waals surface area (Å²) in [5.41, 5.74) is 4.65. The van der Waals surface area contributed by atoms with Crippen molar-refractivity contribution in [1.29, 1.82) is 0 Å². The first-order valence-corrected chi connectivity index (χ1v) is 11.1. The van der Waals surface area contributed by atoms with Crippen molar-refractivity contribution >= 4 is 5.57 Å². The van der Waals surface area contributed by atoms with Gasteiger partial charge in [0, 0.05) is 0 Å².